The zero-order valence-corrected chi connectivity index (χ0v) is 31.7. The molecular weight excluding hydrogens is 583 g/mol. The Balaban J connectivity index is 0.00000255. The van der Waals surface area contributed by atoms with Crippen LogP contribution in [0.4, 0.5) is 5.69 Å². The molecule has 6 unspecified atom stereocenters. The van der Waals surface area contributed by atoms with Gasteiger partial charge in [-0.05, 0) is 154 Å². The van der Waals surface area contributed by atoms with Crippen LogP contribution in [0, 0.1) is 48.3 Å². The van der Waals surface area contributed by atoms with Crippen LogP contribution in [-0.2, 0) is 19.3 Å². The summed E-state index contributed by atoms with van der Waals surface area (Å²) in [5.41, 5.74) is 15.5. The second kappa shape index (κ2) is 19.0. The van der Waals surface area contributed by atoms with E-state index in [4.69, 9.17) is 5.73 Å². The Bertz CT molecular complexity index is 1270. The molecule has 5 rings (SSSR count). The fourth-order valence-electron chi connectivity index (χ4n) is 9.31. The third kappa shape index (κ3) is 10.0. The molecule has 3 heteroatoms. The number of hydrogen-bond acceptors (Lipinski definition) is 3. The molecule has 1 saturated carbocycles. The van der Waals surface area contributed by atoms with Crippen LogP contribution in [-0.4, -0.2) is 26.2 Å². The highest BCUT2D eigenvalue weighted by molar-refractivity contribution is 5.68. The van der Waals surface area contributed by atoms with E-state index in [-0.39, 0.29) is 0 Å². The van der Waals surface area contributed by atoms with Crippen molar-refractivity contribution >= 4 is 11.4 Å². The number of hydrogen-bond donors (Lipinski definition) is 2. The van der Waals surface area contributed by atoms with Crippen molar-refractivity contribution in [2.75, 3.05) is 31.1 Å². The van der Waals surface area contributed by atoms with Crippen molar-refractivity contribution in [1.29, 1.82) is 0 Å². The first-order chi connectivity index (χ1) is 23.2. The zero-order valence-electron chi connectivity index (χ0n) is 31.7. The van der Waals surface area contributed by atoms with Gasteiger partial charge in [-0.1, -0.05) is 89.4 Å². The lowest BCUT2D eigenvalue weighted by molar-refractivity contribution is 0.0390. The topological polar surface area (TPSA) is 41.3 Å². The van der Waals surface area contributed by atoms with Gasteiger partial charge in [-0.2, -0.15) is 0 Å². The van der Waals surface area contributed by atoms with Gasteiger partial charge in [-0.3, -0.25) is 0 Å². The molecule has 2 fully saturated rings. The van der Waals surface area contributed by atoms with Gasteiger partial charge in [0.2, 0.25) is 0 Å². The highest BCUT2D eigenvalue weighted by Crippen LogP contribution is 2.48. The summed E-state index contributed by atoms with van der Waals surface area (Å²) in [5.74, 6) is 5.87. The average Bonchev–Trinajstić information content (AvgIpc) is 3.13. The van der Waals surface area contributed by atoms with E-state index in [2.05, 4.69) is 101 Å². The predicted molar refractivity (Wildman–Crippen MR) is 212 cm³/mol. The minimum absolute atomic E-state index is 0.682. The van der Waals surface area contributed by atoms with Gasteiger partial charge in [0.1, 0.15) is 0 Å². The molecule has 2 heterocycles. The van der Waals surface area contributed by atoms with E-state index in [1.807, 2.05) is 0 Å². The number of fused-ring (bicyclic) bond motifs is 2. The maximum Gasteiger partial charge on any atom is 0.0405 e. The van der Waals surface area contributed by atoms with E-state index in [9.17, 15) is 0 Å². The van der Waals surface area contributed by atoms with E-state index in [1.165, 1.54) is 107 Å². The highest BCUT2D eigenvalue weighted by Gasteiger charge is 2.41. The Morgan fingerprint density at radius 3 is 2.25 bits per heavy atom. The van der Waals surface area contributed by atoms with E-state index >= 15 is 0 Å². The summed E-state index contributed by atoms with van der Waals surface area (Å²) in [4.78, 5) is 2.80. The van der Waals surface area contributed by atoms with Gasteiger partial charge >= 0.3 is 0 Å². The van der Waals surface area contributed by atoms with Crippen molar-refractivity contribution in [2.45, 2.75) is 118 Å². The molecule has 0 aromatic heterocycles. The Morgan fingerprint density at radius 1 is 0.875 bits per heavy atom. The predicted octanol–water partition coefficient (Wildman–Crippen LogP) is 10.8. The molecule has 2 aromatic carbocycles. The summed E-state index contributed by atoms with van der Waals surface area (Å²) in [6.07, 6.45) is 17.0. The van der Waals surface area contributed by atoms with Crippen molar-refractivity contribution in [3.8, 4) is 0 Å². The molecule has 1 saturated heterocycles. The maximum absolute atomic E-state index is 6.30. The number of anilines is 1. The SMILES string of the molecule is C=C.C=C(N)c1ccc2c(c1)N(CC1CCC1C(CCCC(C)C(C)CC)C(C)C1CCNCC1)CCc1ccc(C)cc1CCCC2. The second-order valence-electron chi connectivity index (χ2n) is 15.9. The van der Waals surface area contributed by atoms with Gasteiger partial charge in [-0.25, -0.2) is 0 Å². The molecule has 2 aliphatic heterocycles. The summed E-state index contributed by atoms with van der Waals surface area (Å²) in [6, 6.07) is 14.2. The number of nitrogens with one attached hydrogen (secondary N) is 1. The van der Waals surface area contributed by atoms with E-state index in [1.54, 1.807) is 11.1 Å². The van der Waals surface area contributed by atoms with Crippen LogP contribution in [0.15, 0.2) is 56.1 Å². The summed E-state index contributed by atoms with van der Waals surface area (Å²) < 4.78 is 0. The van der Waals surface area contributed by atoms with Crippen LogP contribution in [0.25, 0.3) is 5.70 Å². The number of nitrogens with zero attached hydrogens (tertiary/aromatic N) is 1. The van der Waals surface area contributed by atoms with Crippen LogP contribution < -0.4 is 16.0 Å². The Hall–Kier alpha value is -2.52. The summed E-state index contributed by atoms with van der Waals surface area (Å²) >= 11 is 0. The molecule has 0 amide bonds. The molecule has 3 N–H and O–H groups in total. The number of aryl methyl sites for hydroxylation is 3. The van der Waals surface area contributed by atoms with E-state index in [0.717, 1.165) is 66.4 Å². The maximum atomic E-state index is 6.30. The van der Waals surface area contributed by atoms with Gasteiger partial charge in [0, 0.05) is 24.5 Å². The molecule has 48 heavy (non-hydrogen) atoms. The van der Waals surface area contributed by atoms with Gasteiger partial charge in [0.25, 0.3) is 0 Å². The molecule has 6 atom stereocenters. The fraction of sp³-hybridized carbons (Fsp3) is 0.644. The van der Waals surface area contributed by atoms with Crippen LogP contribution in [0.2, 0.25) is 0 Å². The molecule has 3 aliphatic rings. The molecule has 0 bridgehead atoms. The quantitative estimate of drug-likeness (QED) is 0.224. The smallest absolute Gasteiger partial charge is 0.0405 e. The van der Waals surface area contributed by atoms with Crippen LogP contribution in [0.5, 0.6) is 0 Å². The first-order valence-corrected chi connectivity index (χ1v) is 19.9. The fourth-order valence-corrected chi connectivity index (χ4v) is 9.31. The minimum Gasteiger partial charge on any atom is -0.399 e. The van der Waals surface area contributed by atoms with Crippen molar-refractivity contribution in [1.82, 2.24) is 5.32 Å². The third-order valence-electron chi connectivity index (χ3n) is 13.0. The monoisotopic (exact) mass is 654 g/mol. The molecule has 2 aromatic rings. The lowest BCUT2D eigenvalue weighted by Crippen LogP contribution is -2.45. The van der Waals surface area contributed by atoms with Gasteiger partial charge in [-0.15, -0.1) is 13.2 Å². The van der Waals surface area contributed by atoms with Crippen molar-refractivity contribution in [3.63, 3.8) is 0 Å². The number of rotatable bonds is 12. The highest BCUT2D eigenvalue weighted by atomic mass is 15.1. The van der Waals surface area contributed by atoms with Crippen LogP contribution in [0.1, 0.15) is 120 Å². The lowest BCUT2D eigenvalue weighted by Gasteiger charge is -2.48. The zero-order chi connectivity index (χ0) is 34.6. The first kappa shape index (κ1) is 38.3. The van der Waals surface area contributed by atoms with Crippen molar-refractivity contribution < 1.29 is 0 Å². The number of benzene rings is 2. The molecule has 266 valence electrons. The lowest BCUT2D eigenvalue weighted by atomic mass is 9.59. The standard InChI is InChI=1S/C43H67N3.C2H4/c1-7-31(3)32(4)11-10-14-41(33(5)35-21-24-45-25-22-35)42-20-19-40(42)29-46-26-23-36-16-15-30(2)27-39(36)13-9-8-12-37-17-18-38(34(6)44)28-43(37)46;1-2/h15-18,27-28,31-33,35,40-42,45H,6-14,19-26,29,44H2,1-5H3;1-2H2. The molecule has 0 radical (unpaired) electrons. The van der Waals surface area contributed by atoms with Gasteiger partial charge in [0.15, 0.2) is 0 Å². The molecule has 3 nitrogen and oxygen atoms in total. The third-order valence-corrected chi connectivity index (χ3v) is 13.0. The second-order valence-corrected chi connectivity index (χ2v) is 15.9. The van der Waals surface area contributed by atoms with Crippen LogP contribution in [0.3, 0.4) is 0 Å². The van der Waals surface area contributed by atoms with Gasteiger partial charge < -0.3 is 16.0 Å². The minimum atomic E-state index is 0.682. The molecule has 1 aliphatic carbocycles. The summed E-state index contributed by atoms with van der Waals surface area (Å²) in [7, 11) is 0. The largest absolute Gasteiger partial charge is 0.399 e. The van der Waals surface area contributed by atoms with E-state index < -0.39 is 0 Å². The van der Waals surface area contributed by atoms with Crippen molar-refractivity contribution in [2.24, 2.45) is 47.2 Å². The van der Waals surface area contributed by atoms with Crippen LogP contribution >= 0.6 is 0 Å². The molecule has 0 spiro atoms. The Morgan fingerprint density at radius 2 is 1.58 bits per heavy atom. The Labute approximate surface area is 296 Å². The summed E-state index contributed by atoms with van der Waals surface area (Å²) in [6.45, 7) is 27.0. The van der Waals surface area contributed by atoms with Crippen molar-refractivity contribution in [3.05, 3.63) is 84.0 Å². The number of piperidine rings is 1. The summed E-state index contributed by atoms with van der Waals surface area (Å²) in [5, 5.41) is 3.64. The first-order valence-electron chi connectivity index (χ1n) is 19.9. The molecular formula is C45H71N3. The number of nitrogens with two attached hydrogens (primary N) is 1. The van der Waals surface area contributed by atoms with E-state index in [0.29, 0.717) is 5.70 Å². The van der Waals surface area contributed by atoms with Gasteiger partial charge in [0.05, 0.1) is 0 Å². The normalized spacial score (nSPS) is 22.7. The Kier molecular flexibility index (Phi) is 15.2. The average molecular weight is 654 g/mol.